The minimum absolute atomic E-state index is 0.0393. The molecule has 130 valence electrons. The molecule has 0 heterocycles. The minimum Gasteiger partial charge on any atom is -0.478 e. The van der Waals surface area contributed by atoms with E-state index in [1.165, 1.54) is 20.1 Å². The van der Waals surface area contributed by atoms with Crippen molar-refractivity contribution in [3.8, 4) is 12.5 Å². The zero-order chi connectivity index (χ0) is 19.0. The Labute approximate surface area is 137 Å². The molecule has 24 heavy (non-hydrogen) atoms. The molecule has 1 atom stereocenters. The van der Waals surface area contributed by atoms with Crippen LogP contribution in [0.5, 0.6) is 0 Å². The number of rotatable bonds is 4. The van der Waals surface area contributed by atoms with Gasteiger partial charge in [-0.05, 0) is 24.6 Å². The van der Waals surface area contributed by atoms with Crippen molar-refractivity contribution in [2.45, 2.75) is 13.0 Å². The Bertz CT molecular complexity index is 694. The fourth-order valence-electron chi connectivity index (χ4n) is 1.89. The lowest BCUT2D eigenvalue weighted by Crippen LogP contribution is -2.38. The summed E-state index contributed by atoms with van der Waals surface area (Å²) >= 11 is 0. The topological polar surface area (TPSA) is 130 Å². The van der Waals surface area contributed by atoms with E-state index < -0.39 is 29.7 Å². The van der Waals surface area contributed by atoms with Gasteiger partial charge in [0.05, 0.1) is 11.6 Å². The average Bonchev–Trinajstić information content (AvgIpc) is 2.46. The number of aliphatic hydroxyl groups excluding tert-OH is 1. The lowest BCUT2D eigenvalue weighted by Gasteiger charge is -2.28. The van der Waals surface area contributed by atoms with Crippen LogP contribution in [-0.4, -0.2) is 34.2 Å². The lowest BCUT2D eigenvalue weighted by atomic mass is 9.96. The summed E-state index contributed by atoms with van der Waals surface area (Å²) in [5, 5.41) is 16.3. The molecule has 1 unspecified atom stereocenters. The van der Waals surface area contributed by atoms with Crippen LogP contribution in [0.1, 0.15) is 18.5 Å². The summed E-state index contributed by atoms with van der Waals surface area (Å²) in [4.78, 5) is 23.6. The van der Waals surface area contributed by atoms with Gasteiger partial charge in [-0.15, -0.1) is 0 Å². The summed E-state index contributed by atoms with van der Waals surface area (Å²) in [5.41, 5.74) is 10.3. The summed E-state index contributed by atoms with van der Waals surface area (Å²) < 4.78 is 26.4. The normalized spacial score (nSPS) is 12.0. The Morgan fingerprint density at radius 2 is 1.79 bits per heavy atom. The summed E-state index contributed by atoms with van der Waals surface area (Å²) in [6.07, 6.45) is 5.40. The van der Waals surface area contributed by atoms with Crippen molar-refractivity contribution in [3.63, 3.8) is 0 Å². The minimum atomic E-state index is -1.39. The van der Waals surface area contributed by atoms with Gasteiger partial charge < -0.3 is 26.6 Å². The number of hydrogen-bond acceptors (Lipinski definition) is 4. The van der Waals surface area contributed by atoms with Crippen molar-refractivity contribution in [2.75, 3.05) is 7.05 Å². The first-order chi connectivity index (χ1) is 11.1. The number of nitrogens with two attached hydrogens (primary N) is 2. The van der Waals surface area contributed by atoms with Crippen molar-refractivity contribution in [1.82, 2.24) is 4.90 Å². The first-order valence-electron chi connectivity index (χ1n) is 6.34. The highest BCUT2D eigenvalue weighted by Crippen LogP contribution is 2.29. The number of carbonyl (C=O) groups is 2. The first kappa shape index (κ1) is 20.7. The number of benzene rings is 1. The van der Waals surface area contributed by atoms with E-state index in [1.807, 2.05) is 0 Å². The third-order valence-corrected chi connectivity index (χ3v) is 2.92. The highest BCUT2D eigenvalue weighted by molar-refractivity contribution is 5.90. The molecule has 0 saturated heterocycles. The summed E-state index contributed by atoms with van der Waals surface area (Å²) in [7, 11) is 1.24. The van der Waals surface area contributed by atoms with Gasteiger partial charge in [-0.25, -0.2) is 18.4 Å². The number of carboxylic acid groups (broad SMARTS) is 1. The molecular formula is C15H17F2N3O4. The number of nitrogens with zero attached hydrogens (tertiary/aromatic N) is 1. The van der Waals surface area contributed by atoms with E-state index in [4.69, 9.17) is 16.6 Å². The number of allylic oxidation sites excluding steroid dienone is 1. The molecule has 0 aromatic heterocycles. The third kappa shape index (κ3) is 5.17. The molecule has 0 aliphatic carbocycles. The number of amides is 2. The Kier molecular flexibility index (Phi) is 7.76. The molecule has 0 aliphatic heterocycles. The molecule has 9 heteroatoms. The largest absolute Gasteiger partial charge is 0.478 e. The van der Waals surface area contributed by atoms with E-state index in [9.17, 15) is 23.5 Å². The number of terminal acetylenes is 1. The Balaban J connectivity index is 0.00000163. The lowest BCUT2D eigenvalue weighted by molar-refractivity contribution is -0.133. The van der Waals surface area contributed by atoms with Crippen LogP contribution in [0.4, 0.5) is 13.6 Å². The molecule has 0 bridgehead atoms. The molecule has 0 radical (unpaired) electrons. The molecule has 0 fully saturated rings. The highest BCUT2D eigenvalue weighted by atomic mass is 19.2. The van der Waals surface area contributed by atoms with Crippen LogP contribution >= 0.6 is 0 Å². The van der Waals surface area contributed by atoms with E-state index in [2.05, 4.69) is 6.42 Å². The van der Waals surface area contributed by atoms with Gasteiger partial charge in [-0.2, -0.15) is 0 Å². The van der Waals surface area contributed by atoms with Crippen molar-refractivity contribution < 1.29 is 28.6 Å². The van der Waals surface area contributed by atoms with Crippen LogP contribution in [0.25, 0.3) is 0 Å². The van der Waals surface area contributed by atoms with Gasteiger partial charge in [0.2, 0.25) is 0 Å². The predicted molar refractivity (Wildman–Crippen MR) is 81.7 cm³/mol. The number of likely N-dealkylation sites (N-methyl/N-ethyl adjacent to an activating group) is 1. The number of urea groups is 1. The SMILES string of the molecule is C#CO.C/C(N)=C(\C(=O)O)C(c1ccc(F)c(F)c1)N(C)C(N)=O. The molecule has 0 saturated carbocycles. The number of primary amides is 1. The van der Waals surface area contributed by atoms with Gasteiger partial charge >= 0.3 is 12.0 Å². The fraction of sp³-hybridized carbons (Fsp3) is 0.200. The van der Waals surface area contributed by atoms with Gasteiger partial charge in [0.1, 0.15) is 6.11 Å². The Morgan fingerprint density at radius 1 is 1.29 bits per heavy atom. The van der Waals surface area contributed by atoms with Crippen molar-refractivity contribution in [2.24, 2.45) is 11.5 Å². The van der Waals surface area contributed by atoms with E-state index in [1.54, 1.807) is 0 Å². The van der Waals surface area contributed by atoms with E-state index in [-0.39, 0.29) is 16.8 Å². The second-order valence-corrected chi connectivity index (χ2v) is 4.56. The van der Waals surface area contributed by atoms with Crippen LogP contribution in [0, 0.1) is 24.2 Å². The first-order valence-corrected chi connectivity index (χ1v) is 6.34. The number of carboxylic acids is 1. The summed E-state index contributed by atoms with van der Waals surface area (Å²) in [6.45, 7) is 1.32. The molecule has 1 aromatic carbocycles. The molecule has 0 spiro atoms. The molecule has 0 aliphatic rings. The molecule has 1 rings (SSSR count). The molecule has 1 aromatic rings. The molecular weight excluding hydrogens is 324 g/mol. The van der Waals surface area contributed by atoms with Gasteiger partial charge in [0.25, 0.3) is 0 Å². The number of halogens is 2. The highest BCUT2D eigenvalue weighted by Gasteiger charge is 2.30. The Hall–Kier alpha value is -3.28. The molecule has 7 nitrogen and oxygen atoms in total. The van der Waals surface area contributed by atoms with Crippen LogP contribution < -0.4 is 11.5 Å². The van der Waals surface area contributed by atoms with Gasteiger partial charge in [-0.1, -0.05) is 12.5 Å². The number of carbonyl (C=O) groups excluding carboxylic acids is 1. The van der Waals surface area contributed by atoms with E-state index in [0.29, 0.717) is 0 Å². The Morgan fingerprint density at radius 3 is 2.12 bits per heavy atom. The predicted octanol–water partition coefficient (Wildman–Crippen LogP) is 1.28. The van der Waals surface area contributed by atoms with Gasteiger partial charge in [0.15, 0.2) is 11.6 Å². The maximum Gasteiger partial charge on any atom is 0.335 e. The van der Waals surface area contributed by atoms with Crippen molar-refractivity contribution in [3.05, 3.63) is 46.7 Å². The second kappa shape index (κ2) is 8.99. The van der Waals surface area contributed by atoms with Crippen molar-refractivity contribution in [1.29, 1.82) is 0 Å². The molecule has 6 N–H and O–H groups in total. The summed E-state index contributed by atoms with van der Waals surface area (Å²) in [5.74, 6) is -3.66. The number of aliphatic carboxylic acids is 1. The smallest absolute Gasteiger partial charge is 0.335 e. The zero-order valence-corrected chi connectivity index (χ0v) is 13.0. The van der Waals surface area contributed by atoms with Crippen LogP contribution in [-0.2, 0) is 4.79 Å². The average molecular weight is 341 g/mol. The van der Waals surface area contributed by atoms with Crippen LogP contribution in [0.2, 0.25) is 0 Å². The maximum absolute atomic E-state index is 13.4. The molecule has 2 amide bonds. The van der Waals surface area contributed by atoms with E-state index in [0.717, 1.165) is 23.1 Å². The van der Waals surface area contributed by atoms with Gasteiger partial charge in [0, 0.05) is 12.7 Å². The number of hydrogen-bond donors (Lipinski definition) is 4. The third-order valence-electron chi connectivity index (χ3n) is 2.92. The van der Waals surface area contributed by atoms with Gasteiger partial charge in [-0.3, -0.25) is 0 Å². The monoisotopic (exact) mass is 341 g/mol. The standard InChI is InChI=1S/C13H15F2N3O3.C2H2O/c1-6(16)10(12(19)20)11(18(2)13(17)21)7-3-4-8(14)9(15)5-7;1-2-3/h3-5,11H,16H2,1-2H3,(H2,17,21)(H,19,20);1,3H/b10-6+;. The zero-order valence-electron chi connectivity index (χ0n) is 13.0. The van der Waals surface area contributed by atoms with Crippen LogP contribution in [0.3, 0.4) is 0 Å². The second-order valence-electron chi connectivity index (χ2n) is 4.56. The quantitative estimate of drug-likeness (QED) is 0.484. The van der Waals surface area contributed by atoms with Crippen molar-refractivity contribution >= 4 is 12.0 Å². The summed E-state index contributed by atoms with van der Waals surface area (Å²) in [6, 6.07) is 0.613. The van der Waals surface area contributed by atoms with Crippen LogP contribution in [0.15, 0.2) is 29.5 Å². The number of aliphatic hydroxyl groups is 1. The van der Waals surface area contributed by atoms with E-state index >= 15 is 0 Å². The maximum atomic E-state index is 13.4. The fourth-order valence-corrected chi connectivity index (χ4v) is 1.89.